The second-order valence-corrected chi connectivity index (χ2v) is 5.68. The summed E-state index contributed by atoms with van der Waals surface area (Å²) in [4.78, 5) is 4.21. The number of rotatable bonds is 10. The Hall–Kier alpha value is -0.580. The van der Waals surface area contributed by atoms with E-state index in [0.717, 1.165) is 34.7 Å². The van der Waals surface area contributed by atoms with Crippen LogP contribution in [0.25, 0.3) is 0 Å². The fourth-order valence-electron chi connectivity index (χ4n) is 1.91. The molecule has 138 valence electrons. The van der Waals surface area contributed by atoms with Gasteiger partial charge in [0, 0.05) is 43.9 Å². The van der Waals surface area contributed by atoms with Crippen LogP contribution in [-0.2, 0) is 16.0 Å². The number of benzene rings is 1. The van der Waals surface area contributed by atoms with Gasteiger partial charge >= 0.3 is 0 Å². The molecule has 8 heteroatoms. The summed E-state index contributed by atoms with van der Waals surface area (Å²) in [6, 6.07) is 5.93. The van der Waals surface area contributed by atoms with Gasteiger partial charge in [0.25, 0.3) is 0 Å². The van der Waals surface area contributed by atoms with E-state index in [1.807, 2.05) is 18.2 Å². The van der Waals surface area contributed by atoms with Gasteiger partial charge in [0.1, 0.15) is 5.75 Å². The molecule has 0 unspecified atom stereocenters. The maximum Gasteiger partial charge on any atom is 0.191 e. The third kappa shape index (κ3) is 9.65. The number of guanidine groups is 1. The maximum absolute atomic E-state index is 5.42. The molecule has 0 saturated heterocycles. The summed E-state index contributed by atoms with van der Waals surface area (Å²) < 4.78 is 16.7. The number of methoxy groups -OCH3 is 2. The number of ether oxygens (including phenoxy) is 3. The molecule has 0 atom stereocenters. The molecule has 0 aliphatic carbocycles. The van der Waals surface area contributed by atoms with Gasteiger partial charge in [0.05, 0.1) is 20.3 Å². The molecule has 0 aliphatic heterocycles. The first-order valence-corrected chi connectivity index (χ1v) is 8.34. The summed E-state index contributed by atoms with van der Waals surface area (Å²) in [5.74, 6) is 1.60. The zero-order chi connectivity index (χ0) is 16.9. The van der Waals surface area contributed by atoms with Crippen molar-refractivity contribution in [2.45, 2.75) is 13.0 Å². The van der Waals surface area contributed by atoms with E-state index in [-0.39, 0.29) is 24.0 Å². The number of halogens is 2. The highest BCUT2D eigenvalue weighted by molar-refractivity contribution is 14.0. The molecule has 0 aromatic heterocycles. The predicted molar refractivity (Wildman–Crippen MR) is 112 cm³/mol. The monoisotopic (exact) mass is 515 g/mol. The predicted octanol–water partition coefficient (Wildman–Crippen LogP) is 2.79. The molecule has 1 aromatic carbocycles. The minimum absolute atomic E-state index is 0. The zero-order valence-electron chi connectivity index (χ0n) is 14.4. The highest BCUT2D eigenvalue weighted by Gasteiger charge is 2.05. The van der Waals surface area contributed by atoms with E-state index in [2.05, 4.69) is 31.6 Å². The average Bonchev–Trinajstić information content (AvgIpc) is 2.57. The summed E-state index contributed by atoms with van der Waals surface area (Å²) in [6.45, 7) is 3.39. The van der Waals surface area contributed by atoms with Crippen molar-refractivity contribution in [3.63, 3.8) is 0 Å². The standard InChI is InChI=1S/C16H26BrN3O3.HI/c1-18-16(19-7-4-8-23-10-9-21-2)20-12-13-11-14(17)5-6-15(13)22-3;/h5-6,11H,4,7-10,12H2,1-3H3,(H2,18,19,20);1H. The lowest BCUT2D eigenvalue weighted by Gasteiger charge is -2.14. The number of nitrogens with one attached hydrogen (secondary N) is 2. The molecule has 0 amide bonds. The van der Waals surface area contributed by atoms with E-state index in [1.165, 1.54) is 0 Å². The fourth-order valence-corrected chi connectivity index (χ4v) is 2.32. The molecular weight excluding hydrogens is 489 g/mol. The molecule has 0 bridgehead atoms. The molecule has 6 nitrogen and oxygen atoms in total. The molecular formula is C16H27BrIN3O3. The largest absolute Gasteiger partial charge is 0.496 e. The van der Waals surface area contributed by atoms with Gasteiger partial charge in [-0.1, -0.05) is 15.9 Å². The Morgan fingerprint density at radius 3 is 2.62 bits per heavy atom. The van der Waals surface area contributed by atoms with Gasteiger partial charge in [0.2, 0.25) is 0 Å². The Kier molecular flexibility index (Phi) is 14.4. The lowest BCUT2D eigenvalue weighted by atomic mass is 10.2. The summed E-state index contributed by atoms with van der Waals surface area (Å²) in [6.07, 6.45) is 0.907. The van der Waals surface area contributed by atoms with Crippen molar-refractivity contribution < 1.29 is 14.2 Å². The number of hydrogen-bond acceptors (Lipinski definition) is 4. The Balaban J connectivity index is 0.00000529. The van der Waals surface area contributed by atoms with Crippen LogP contribution in [0.4, 0.5) is 0 Å². The van der Waals surface area contributed by atoms with Crippen LogP contribution in [0.5, 0.6) is 5.75 Å². The van der Waals surface area contributed by atoms with Crippen LogP contribution in [0, 0.1) is 0 Å². The lowest BCUT2D eigenvalue weighted by molar-refractivity contribution is 0.0698. The van der Waals surface area contributed by atoms with Crippen LogP contribution in [0.2, 0.25) is 0 Å². The first-order valence-electron chi connectivity index (χ1n) is 7.55. The molecule has 0 heterocycles. The van der Waals surface area contributed by atoms with Crippen molar-refractivity contribution in [2.24, 2.45) is 4.99 Å². The Bertz CT molecular complexity index is 490. The molecule has 0 saturated carbocycles. The first-order chi connectivity index (χ1) is 11.2. The van der Waals surface area contributed by atoms with Crippen molar-refractivity contribution in [2.75, 3.05) is 47.6 Å². The second kappa shape index (κ2) is 14.7. The number of hydrogen-bond donors (Lipinski definition) is 2. The molecule has 2 N–H and O–H groups in total. The van der Waals surface area contributed by atoms with Gasteiger partial charge in [-0.25, -0.2) is 0 Å². The van der Waals surface area contributed by atoms with Gasteiger partial charge in [-0.2, -0.15) is 0 Å². The Morgan fingerprint density at radius 2 is 1.96 bits per heavy atom. The SMILES string of the molecule is CN=C(NCCCOCCOC)NCc1cc(Br)ccc1OC.I. The second-order valence-electron chi connectivity index (χ2n) is 4.77. The van der Waals surface area contributed by atoms with Crippen LogP contribution in [0.1, 0.15) is 12.0 Å². The average molecular weight is 516 g/mol. The smallest absolute Gasteiger partial charge is 0.191 e. The fraction of sp³-hybridized carbons (Fsp3) is 0.562. The Labute approximate surface area is 169 Å². The molecule has 1 rings (SSSR count). The number of nitrogens with zero attached hydrogens (tertiary/aromatic N) is 1. The normalized spacial score (nSPS) is 10.9. The molecule has 24 heavy (non-hydrogen) atoms. The van der Waals surface area contributed by atoms with Crippen molar-refractivity contribution in [3.05, 3.63) is 28.2 Å². The Morgan fingerprint density at radius 1 is 1.17 bits per heavy atom. The minimum atomic E-state index is 0. The van der Waals surface area contributed by atoms with Crippen LogP contribution in [-0.4, -0.2) is 53.6 Å². The van der Waals surface area contributed by atoms with Gasteiger partial charge < -0.3 is 24.8 Å². The summed E-state index contributed by atoms with van der Waals surface area (Å²) >= 11 is 3.47. The van der Waals surface area contributed by atoms with Gasteiger partial charge in [0.15, 0.2) is 5.96 Å². The van der Waals surface area contributed by atoms with Crippen molar-refractivity contribution in [3.8, 4) is 5.75 Å². The van der Waals surface area contributed by atoms with Crippen LogP contribution in [0.15, 0.2) is 27.7 Å². The first kappa shape index (κ1) is 23.4. The van der Waals surface area contributed by atoms with Gasteiger partial charge in [-0.05, 0) is 24.6 Å². The van der Waals surface area contributed by atoms with E-state index in [0.29, 0.717) is 26.4 Å². The van der Waals surface area contributed by atoms with E-state index in [4.69, 9.17) is 14.2 Å². The molecule has 0 radical (unpaired) electrons. The summed E-state index contributed by atoms with van der Waals surface area (Å²) in [5.41, 5.74) is 1.06. The highest BCUT2D eigenvalue weighted by atomic mass is 127. The summed E-state index contributed by atoms with van der Waals surface area (Å²) in [7, 11) is 5.09. The molecule has 0 aliphatic rings. The topological polar surface area (TPSA) is 64.1 Å². The van der Waals surface area contributed by atoms with Gasteiger partial charge in [-0.3, -0.25) is 4.99 Å². The maximum atomic E-state index is 5.42. The molecule has 0 fully saturated rings. The van der Waals surface area contributed by atoms with Gasteiger partial charge in [-0.15, -0.1) is 24.0 Å². The van der Waals surface area contributed by atoms with Crippen molar-refractivity contribution in [1.29, 1.82) is 0 Å². The number of aliphatic imine (C=N–C) groups is 1. The minimum Gasteiger partial charge on any atom is -0.496 e. The van der Waals surface area contributed by atoms with Crippen molar-refractivity contribution in [1.82, 2.24) is 10.6 Å². The third-order valence-electron chi connectivity index (χ3n) is 3.10. The zero-order valence-corrected chi connectivity index (χ0v) is 18.3. The quantitative estimate of drug-likeness (QED) is 0.217. The third-order valence-corrected chi connectivity index (χ3v) is 3.60. The molecule has 1 aromatic rings. The molecule has 0 spiro atoms. The van der Waals surface area contributed by atoms with E-state index in [9.17, 15) is 0 Å². The lowest BCUT2D eigenvalue weighted by Crippen LogP contribution is -2.37. The van der Waals surface area contributed by atoms with Crippen LogP contribution in [0.3, 0.4) is 0 Å². The van der Waals surface area contributed by atoms with E-state index < -0.39 is 0 Å². The highest BCUT2D eigenvalue weighted by Crippen LogP contribution is 2.22. The van der Waals surface area contributed by atoms with Crippen LogP contribution >= 0.6 is 39.9 Å². The van der Waals surface area contributed by atoms with E-state index >= 15 is 0 Å². The van der Waals surface area contributed by atoms with E-state index in [1.54, 1.807) is 21.3 Å². The van der Waals surface area contributed by atoms with Crippen molar-refractivity contribution >= 4 is 45.9 Å². The summed E-state index contributed by atoms with van der Waals surface area (Å²) in [5, 5.41) is 6.53. The van der Waals surface area contributed by atoms with Crippen LogP contribution < -0.4 is 15.4 Å².